The van der Waals surface area contributed by atoms with Gasteiger partial charge in [0.05, 0.1) is 19.7 Å². The number of ether oxygens (including phenoxy) is 2. The van der Waals surface area contributed by atoms with Crippen molar-refractivity contribution >= 4 is 10.9 Å². The molecule has 0 atom stereocenters. The van der Waals surface area contributed by atoms with E-state index in [1.807, 2.05) is 60.7 Å². The lowest BCUT2D eigenvalue weighted by atomic mass is 10.0. The number of methoxy groups -OCH3 is 2. The summed E-state index contributed by atoms with van der Waals surface area (Å²) in [5, 5.41) is 0.968. The largest absolute Gasteiger partial charge is 0.497 e. The Labute approximate surface area is 169 Å². The molecule has 0 aliphatic heterocycles. The first kappa shape index (κ1) is 18.7. The third-order valence-corrected chi connectivity index (χ3v) is 5.04. The molecule has 0 aliphatic carbocycles. The van der Waals surface area contributed by atoms with E-state index >= 15 is 0 Å². The quantitative estimate of drug-likeness (QED) is 0.495. The first-order valence-electron chi connectivity index (χ1n) is 9.45. The Morgan fingerprint density at radius 1 is 0.897 bits per heavy atom. The highest BCUT2D eigenvalue weighted by Gasteiger charge is 2.12. The molecule has 0 N–H and O–H groups in total. The van der Waals surface area contributed by atoms with Crippen LogP contribution in [0.4, 0.5) is 0 Å². The highest BCUT2D eigenvalue weighted by molar-refractivity contribution is 5.95. The number of rotatable bonds is 6. The molecule has 0 aliphatic rings. The van der Waals surface area contributed by atoms with Gasteiger partial charge in [-0.15, -0.1) is 0 Å². The van der Waals surface area contributed by atoms with Crippen molar-refractivity contribution in [2.75, 3.05) is 14.2 Å². The molecule has 0 spiro atoms. The van der Waals surface area contributed by atoms with Crippen LogP contribution in [0, 0.1) is 0 Å². The van der Waals surface area contributed by atoms with Gasteiger partial charge in [-0.1, -0.05) is 18.2 Å². The Hall–Kier alpha value is -3.60. The van der Waals surface area contributed by atoms with E-state index in [2.05, 4.69) is 4.98 Å². The molecule has 0 saturated heterocycles. The van der Waals surface area contributed by atoms with Gasteiger partial charge in [-0.3, -0.25) is 9.78 Å². The van der Waals surface area contributed by atoms with E-state index in [0.29, 0.717) is 13.0 Å². The van der Waals surface area contributed by atoms with E-state index in [1.165, 1.54) is 0 Å². The van der Waals surface area contributed by atoms with Gasteiger partial charge in [-0.25, -0.2) is 0 Å². The van der Waals surface area contributed by atoms with Crippen LogP contribution >= 0.6 is 0 Å². The minimum Gasteiger partial charge on any atom is -0.497 e. The molecular formula is C24H22N2O3. The van der Waals surface area contributed by atoms with Crippen molar-refractivity contribution in [3.05, 3.63) is 89.0 Å². The third kappa shape index (κ3) is 3.85. The summed E-state index contributed by atoms with van der Waals surface area (Å²) in [6.45, 7) is 0.557. The first-order chi connectivity index (χ1) is 14.2. The molecule has 2 aromatic carbocycles. The van der Waals surface area contributed by atoms with Gasteiger partial charge >= 0.3 is 0 Å². The highest BCUT2D eigenvalue weighted by atomic mass is 16.5. The summed E-state index contributed by atoms with van der Waals surface area (Å²) in [4.78, 5) is 17.4. The Morgan fingerprint density at radius 3 is 2.34 bits per heavy atom. The van der Waals surface area contributed by atoms with Crippen molar-refractivity contribution in [1.29, 1.82) is 0 Å². The van der Waals surface area contributed by atoms with Gasteiger partial charge in [0.25, 0.3) is 5.56 Å². The topological polar surface area (TPSA) is 53.4 Å². The van der Waals surface area contributed by atoms with E-state index in [9.17, 15) is 4.79 Å². The maximum Gasteiger partial charge on any atom is 0.251 e. The SMILES string of the molecule is COc1ccc(-c2cc(=O)n(CCc3ccccn3)c3ccc(OC)cc23)cc1. The first-order valence-corrected chi connectivity index (χ1v) is 9.45. The van der Waals surface area contributed by atoms with Crippen LogP contribution in [0.5, 0.6) is 11.5 Å². The fraction of sp³-hybridized carbons (Fsp3) is 0.167. The zero-order valence-corrected chi connectivity index (χ0v) is 16.5. The number of aromatic nitrogens is 2. The number of hydrogen-bond donors (Lipinski definition) is 0. The molecule has 0 saturated carbocycles. The van der Waals surface area contributed by atoms with Crippen LogP contribution in [0.15, 0.2) is 77.7 Å². The summed E-state index contributed by atoms with van der Waals surface area (Å²) < 4.78 is 12.5. The van der Waals surface area contributed by atoms with Gasteiger partial charge in [-0.2, -0.15) is 0 Å². The molecule has 5 heteroatoms. The number of pyridine rings is 2. The predicted molar refractivity (Wildman–Crippen MR) is 115 cm³/mol. The van der Waals surface area contributed by atoms with Gasteiger partial charge in [0.1, 0.15) is 11.5 Å². The number of nitrogens with zero attached hydrogens (tertiary/aromatic N) is 2. The molecule has 0 bridgehead atoms. The smallest absolute Gasteiger partial charge is 0.251 e. The summed E-state index contributed by atoms with van der Waals surface area (Å²) >= 11 is 0. The van der Waals surface area contributed by atoms with Gasteiger partial charge in [0.15, 0.2) is 0 Å². The normalized spacial score (nSPS) is 10.8. The lowest BCUT2D eigenvalue weighted by Crippen LogP contribution is -2.21. The number of aryl methyl sites for hydroxylation is 2. The van der Waals surface area contributed by atoms with Crippen LogP contribution in [0.1, 0.15) is 5.69 Å². The molecule has 2 heterocycles. The van der Waals surface area contributed by atoms with Crippen molar-refractivity contribution in [1.82, 2.24) is 9.55 Å². The average molecular weight is 386 g/mol. The molecular weight excluding hydrogens is 364 g/mol. The van der Waals surface area contributed by atoms with Crippen molar-refractivity contribution in [2.45, 2.75) is 13.0 Å². The van der Waals surface area contributed by atoms with Crippen LogP contribution < -0.4 is 15.0 Å². The Kier molecular flexibility index (Phi) is 5.29. The maximum atomic E-state index is 13.0. The molecule has 0 radical (unpaired) electrons. The van der Waals surface area contributed by atoms with Crippen LogP contribution in [-0.2, 0) is 13.0 Å². The molecule has 4 aromatic rings. The lowest BCUT2D eigenvalue weighted by molar-refractivity contribution is 0.415. The van der Waals surface area contributed by atoms with E-state index < -0.39 is 0 Å². The zero-order valence-electron chi connectivity index (χ0n) is 16.5. The van der Waals surface area contributed by atoms with Crippen molar-refractivity contribution < 1.29 is 9.47 Å². The van der Waals surface area contributed by atoms with Gasteiger partial charge in [0.2, 0.25) is 0 Å². The maximum absolute atomic E-state index is 13.0. The summed E-state index contributed by atoms with van der Waals surface area (Å²) in [5.41, 5.74) is 3.63. The molecule has 2 aromatic heterocycles. The molecule has 146 valence electrons. The van der Waals surface area contributed by atoms with E-state index in [4.69, 9.17) is 9.47 Å². The van der Waals surface area contributed by atoms with Gasteiger partial charge < -0.3 is 14.0 Å². The van der Waals surface area contributed by atoms with Crippen LogP contribution in [0.25, 0.3) is 22.0 Å². The highest BCUT2D eigenvalue weighted by Crippen LogP contribution is 2.31. The molecule has 4 rings (SSSR count). The summed E-state index contributed by atoms with van der Waals surface area (Å²) in [6.07, 6.45) is 2.46. The number of fused-ring (bicyclic) bond motifs is 1. The second-order valence-corrected chi connectivity index (χ2v) is 6.73. The minimum atomic E-state index is -0.0376. The Bertz CT molecular complexity index is 1180. The van der Waals surface area contributed by atoms with Gasteiger partial charge in [0, 0.05) is 36.3 Å². The molecule has 5 nitrogen and oxygen atoms in total. The van der Waals surface area contributed by atoms with Crippen molar-refractivity contribution in [3.8, 4) is 22.6 Å². The lowest BCUT2D eigenvalue weighted by Gasteiger charge is -2.15. The zero-order chi connectivity index (χ0) is 20.2. The molecule has 0 amide bonds. The molecule has 0 unspecified atom stereocenters. The molecule has 0 fully saturated rings. The van der Waals surface area contributed by atoms with Gasteiger partial charge in [-0.05, 0) is 53.6 Å². The fourth-order valence-electron chi connectivity index (χ4n) is 3.50. The predicted octanol–water partition coefficient (Wildman–Crippen LogP) is 4.32. The second-order valence-electron chi connectivity index (χ2n) is 6.73. The monoisotopic (exact) mass is 386 g/mol. The Balaban J connectivity index is 1.83. The second kappa shape index (κ2) is 8.19. The van der Waals surface area contributed by atoms with Crippen LogP contribution in [-0.4, -0.2) is 23.8 Å². The van der Waals surface area contributed by atoms with E-state index in [-0.39, 0.29) is 5.56 Å². The molecule has 29 heavy (non-hydrogen) atoms. The minimum absolute atomic E-state index is 0.0376. The average Bonchev–Trinajstić information content (AvgIpc) is 2.78. The standard InChI is InChI=1S/C24H22N2O3/c1-28-19-8-6-17(7-9-19)21-16-24(27)26(14-12-18-5-3-4-13-25-18)23-11-10-20(29-2)15-22(21)23/h3-11,13,15-16H,12,14H2,1-2H3. The summed E-state index contributed by atoms with van der Waals surface area (Å²) in [6, 6.07) is 21.0. The third-order valence-electron chi connectivity index (χ3n) is 5.04. The van der Waals surface area contributed by atoms with Crippen molar-refractivity contribution in [3.63, 3.8) is 0 Å². The van der Waals surface area contributed by atoms with E-state index in [1.54, 1.807) is 31.0 Å². The van der Waals surface area contributed by atoms with E-state index in [0.717, 1.165) is 39.2 Å². The van der Waals surface area contributed by atoms with Crippen LogP contribution in [0.2, 0.25) is 0 Å². The summed E-state index contributed by atoms with van der Waals surface area (Å²) in [5.74, 6) is 1.53. The number of benzene rings is 2. The Morgan fingerprint density at radius 2 is 1.66 bits per heavy atom. The van der Waals surface area contributed by atoms with Crippen LogP contribution in [0.3, 0.4) is 0 Å². The summed E-state index contributed by atoms with van der Waals surface area (Å²) in [7, 11) is 3.28. The van der Waals surface area contributed by atoms with Crippen molar-refractivity contribution in [2.24, 2.45) is 0 Å². The number of hydrogen-bond acceptors (Lipinski definition) is 4. The fourth-order valence-corrected chi connectivity index (χ4v) is 3.50.